The zero-order valence-electron chi connectivity index (χ0n) is 16.7. The third-order valence-electron chi connectivity index (χ3n) is 4.54. The van der Waals surface area contributed by atoms with Gasteiger partial charge in [0.25, 0.3) is 0 Å². The molecule has 1 aromatic heterocycles. The number of carboxylic acids is 1. The Morgan fingerprint density at radius 2 is 1.55 bits per heavy atom. The lowest BCUT2D eigenvalue weighted by Gasteiger charge is -2.12. The van der Waals surface area contributed by atoms with Crippen molar-refractivity contribution >= 4 is 16.9 Å². The third-order valence-corrected chi connectivity index (χ3v) is 4.54. The first-order valence-corrected chi connectivity index (χ1v) is 9.80. The van der Waals surface area contributed by atoms with E-state index in [0.717, 1.165) is 22.2 Å². The molecule has 156 valence electrons. The van der Waals surface area contributed by atoms with Crippen LogP contribution in [0.5, 0.6) is 17.2 Å². The highest BCUT2D eigenvalue weighted by molar-refractivity contribution is 5.78. The Morgan fingerprint density at radius 3 is 2.39 bits per heavy atom. The summed E-state index contributed by atoms with van der Waals surface area (Å²) in [4.78, 5) is 15.4. The van der Waals surface area contributed by atoms with Gasteiger partial charge in [-0.1, -0.05) is 48.5 Å². The molecule has 0 spiro atoms. The van der Waals surface area contributed by atoms with Crippen LogP contribution < -0.4 is 14.2 Å². The molecule has 1 heterocycles. The topological polar surface area (TPSA) is 77.9 Å². The van der Waals surface area contributed by atoms with Crippen LogP contribution in [-0.4, -0.2) is 22.7 Å². The molecule has 0 radical (unpaired) electrons. The summed E-state index contributed by atoms with van der Waals surface area (Å²) >= 11 is 0. The molecule has 0 amide bonds. The number of hydrogen-bond donors (Lipinski definition) is 1. The average Bonchev–Trinajstić information content (AvgIpc) is 2.80. The van der Waals surface area contributed by atoms with Gasteiger partial charge in [-0.2, -0.15) is 0 Å². The second-order valence-corrected chi connectivity index (χ2v) is 6.85. The number of hydrogen-bond acceptors (Lipinski definition) is 5. The van der Waals surface area contributed by atoms with Crippen molar-refractivity contribution in [2.24, 2.45) is 0 Å². The average molecular weight is 415 g/mol. The first kappa shape index (κ1) is 20.2. The molecule has 0 bridgehead atoms. The largest absolute Gasteiger partial charge is 0.487 e. The molecule has 0 aliphatic rings. The summed E-state index contributed by atoms with van der Waals surface area (Å²) in [5.41, 5.74) is 2.71. The minimum absolute atomic E-state index is 0.291. The quantitative estimate of drug-likeness (QED) is 0.421. The smallest absolute Gasteiger partial charge is 0.341 e. The monoisotopic (exact) mass is 415 g/mol. The van der Waals surface area contributed by atoms with E-state index in [-0.39, 0.29) is 0 Å². The van der Waals surface area contributed by atoms with Crippen molar-refractivity contribution in [3.8, 4) is 17.2 Å². The van der Waals surface area contributed by atoms with Crippen LogP contribution in [0.3, 0.4) is 0 Å². The number of carboxylic acid groups (broad SMARTS) is 1. The number of benzene rings is 3. The summed E-state index contributed by atoms with van der Waals surface area (Å²) in [6, 6.07) is 26.6. The van der Waals surface area contributed by atoms with E-state index in [4.69, 9.17) is 19.3 Å². The second-order valence-electron chi connectivity index (χ2n) is 6.85. The van der Waals surface area contributed by atoms with Crippen molar-refractivity contribution in [1.29, 1.82) is 0 Å². The first-order valence-electron chi connectivity index (χ1n) is 9.80. The Balaban J connectivity index is 1.38. The van der Waals surface area contributed by atoms with E-state index in [1.165, 1.54) is 0 Å². The van der Waals surface area contributed by atoms with Gasteiger partial charge in [0.2, 0.25) is 0 Å². The van der Waals surface area contributed by atoms with Gasteiger partial charge in [-0.3, -0.25) is 0 Å². The van der Waals surface area contributed by atoms with E-state index < -0.39 is 12.6 Å². The zero-order valence-corrected chi connectivity index (χ0v) is 16.7. The van der Waals surface area contributed by atoms with Crippen molar-refractivity contribution in [1.82, 2.24) is 4.98 Å². The predicted octanol–water partition coefficient (Wildman–Crippen LogP) is 4.86. The zero-order chi connectivity index (χ0) is 21.5. The molecule has 6 heteroatoms. The molecule has 0 aliphatic carbocycles. The highest BCUT2D eigenvalue weighted by Gasteiger charge is 2.07. The Morgan fingerprint density at radius 1 is 0.774 bits per heavy atom. The number of ether oxygens (including phenoxy) is 3. The Bertz CT molecular complexity index is 1190. The summed E-state index contributed by atoms with van der Waals surface area (Å²) < 4.78 is 17.0. The number of aromatic nitrogens is 1. The molecular weight excluding hydrogens is 394 g/mol. The highest BCUT2D eigenvalue weighted by atomic mass is 16.5. The van der Waals surface area contributed by atoms with E-state index in [1.807, 2.05) is 60.7 Å². The molecule has 4 rings (SSSR count). The van der Waals surface area contributed by atoms with E-state index in [1.54, 1.807) is 24.3 Å². The molecule has 0 saturated carbocycles. The van der Waals surface area contributed by atoms with Crippen molar-refractivity contribution in [2.75, 3.05) is 6.61 Å². The summed E-state index contributed by atoms with van der Waals surface area (Å²) in [5.74, 6) is 0.544. The van der Waals surface area contributed by atoms with Gasteiger partial charge in [-0.05, 0) is 42.0 Å². The third kappa shape index (κ3) is 5.51. The standard InChI is InChI=1S/C25H21NO5/c27-25(28)17-31-24-11-4-3-10-23(24)30-15-18-6-5-8-21(14-18)29-16-20-13-12-19-7-1-2-9-22(19)26-20/h1-14H,15-17H2,(H,27,28). The molecule has 0 aliphatic heterocycles. The van der Waals surface area contributed by atoms with E-state index in [2.05, 4.69) is 4.98 Å². The fourth-order valence-electron chi connectivity index (χ4n) is 3.06. The number of para-hydroxylation sites is 3. The van der Waals surface area contributed by atoms with Crippen LogP contribution >= 0.6 is 0 Å². The number of pyridine rings is 1. The van der Waals surface area contributed by atoms with E-state index in [9.17, 15) is 4.79 Å². The van der Waals surface area contributed by atoms with Crippen molar-refractivity contribution in [3.63, 3.8) is 0 Å². The van der Waals surface area contributed by atoms with Crippen LogP contribution in [0.1, 0.15) is 11.3 Å². The van der Waals surface area contributed by atoms with Gasteiger partial charge in [-0.25, -0.2) is 9.78 Å². The van der Waals surface area contributed by atoms with Gasteiger partial charge in [0.05, 0.1) is 11.2 Å². The van der Waals surface area contributed by atoms with Crippen LogP contribution in [0, 0.1) is 0 Å². The molecule has 0 fully saturated rings. The number of nitrogens with zero attached hydrogens (tertiary/aromatic N) is 1. The van der Waals surface area contributed by atoms with Gasteiger partial charge in [0.1, 0.15) is 19.0 Å². The molecule has 0 atom stereocenters. The Kier molecular flexibility index (Phi) is 6.28. The Labute approximate surface area is 179 Å². The van der Waals surface area contributed by atoms with Crippen LogP contribution in [-0.2, 0) is 18.0 Å². The number of fused-ring (bicyclic) bond motifs is 1. The van der Waals surface area contributed by atoms with Crippen LogP contribution in [0.15, 0.2) is 84.9 Å². The van der Waals surface area contributed by atoms with Gasteiger partial charge in [0, 0.05) is 5.39 Å². The van der Waals surface area contributed by atoms with Crippen LogP contribution in [0.2, 0.25) is 0 Å². The van der Waals surface area contributed by atoms with Gasteiger partial charge in [0.15, 0.2) is 18.1 Å². The molecule has 3 aromatic carbocycles. The van der Waals surface area contributed by atoms with E-state index in [0.29, 0.717) is 30.5 Å². The summed E-state index contributed by atoms with van der Waals surface area (Å²) in [7, 11) is 0. The minimum Gasteiger partial charge on any atom is -0.487 e. The fourth-order valence-corrected chi connectivity index (χ4v) is 3.06. The molecule has 4 aromatic rings. The molecule has 0 saturated heterocycles. The molecule has 1 N–H and O–H groups in total. The number of rotatable bonds is 9. The SMILES string of the molecule is O=C(O)COc1ccccc1OCc1cccc(OCc2ccc3ccccc3n2)c1. The number of aliphatic carboxylic acids is 1. The van der Waals surface area contributed by atoms with Crippen molar-refractivity contribution in [2.45, 2.75) is 13.2 Å². The van der Waals surface area contributed by atoms with Gasteiger partial charge >= 0.3 is 5.97 Å². The second kappa shape index (κ2) is 9.63. The first-order chi connectivity index (χ1) is 15.2. The van der Waals surface area contributed by atoms with Crippen molar-refractivity contribution in [3.05, 3.63) is 96.2 Å². The maximum atomic E-state index is 10.7. The maximum Gasteiger partial charge on any atom is 0.341 e. The minimum atomic E-state index is -1.04. The summed E-state index contributed by atoms with van der Waals surface area (Å²) in [6.45, 7) is 0.229. The molecule has 6 nitrogen and oxygen atoms in total. The highest BCUT2D eigenvalue weighted by Crippen LogP contribution is 2.27. The fraction of sp³-hybridized carbons (Fsp3) is 0.120. The van der Waals surface area contributed by atoms with Crippen molar-refractivity contribution < 1.29 is 24.1 Å². The summed E-state index contributed by atoms with van der Waals surface area (Å²) in [6.07, 6.45) is 0. The molecular formula is C25H21NO5. The molecule has 31 heavy (non-hydrogen) atoms. The van der Waals surface area contributed by atoms with Gasteiger partial charge in [-0.15, -0.1) is 0 Å². The van der Waals surface area contributed by atoms with Crippen LogP contribution in [0.25, 0.3) is 10.9 Å². The lowest BCUT2D eigenvalue weighted by atomic mass is 10.2. The molecule has 0 unspecified atom stereocenters. The van der Waals surface area contributed by atoms with E-state index >= 15 is 0 Å². The predicted molar refractivity (Wildman–Crippen MR) is 116 cm³/mol. The van der Waals surface area contributed by atoms with Crippen LogP contribution in [0.4, 0.5) is 0 Å². The van der Waals surface area contributed by atoms with Gasteiger partial charge < -0.3 is 19.3 Å². The Hall–Kier alpha value is -4.06. The summed E-state index contributed by atoms with van der Waals surface area (Å²) in [5, 5.41) is 9.90. The maximum absolute atomic E-state index is 10.7. The number of carbonyl (C=O) groups is 1. The normalized spacial score (nSPS) is 10.6. The lowest BCUT2D eigenvalue weighted by molar-refractivity contribution is -0.139. The lowest BCUT2D eigenvalue weighted by Crippen LogP contribution is -2.10.